The van der Waals surface area contributed by atoms with Gasteiger partial charge in [-0.3, -0.25) is 0 Å². The van der Waals surface area contributed by atoms with Gasteiger partial charge in [-0.15, -0.1) is 0 Å². The smallest absolute Gasteiger partial charge is 0.109 e. The van der Waals surface area contributed by atoms with Crippen molar-refractivity contribution < 1.29 is 0 Å². The Morgan fingerprint density at radius 1 is 1.27 bits per heavy atom. The number of rotatable bonds is 4. The summed E-state index contributed by atoms with van der Waals surface area (Å²) in [7, 11) is 1.94. The van der Waals surface area contributed by atoms with Gasteiger partial charge in [-0.05, 0) is 38.1 Å². The quantitative estimate of drug-likeness (QED) is 0.738. The van der Waals surface area contributed by atoms with Crippen LogP contribution in [0.25, 0.3) is 0 Å². The lowest BCUT2D eigenvalue weighted by atomic mass is 10.1. The van der Waals surface area contributed by atoms with Crippen molar-refractivity contribution in [2.24, 2.45) is 5.18 Å². The minimum atomic E-state index is -0.231. The Bertz CT molecular complexity index is 326. The van der Waals surface area contributed by atoms with Crippen molar-refractivity contribution in [3.63, 3.8) is 0 Å². The van der Waals surface area contributed by atoms with Crippen molar-refractivity contribution in [2.75, 3.05) is 11.9 Å². The molecule has 1 aromatic rings. The molecule has 0 fully saturated rings. The summed E-state index contributed by atoms with van der Waals surface area (Å²) in [5, 5.41) is 3.74. The van der Waals surface area contributed by atoms with Crippen molar-refractivity contribution in [3.8, 4) is 0 Å². The lowest BCUT2D eigenvalue weighted by Crippen LogP contribution is -2.36. The van der Waals surface area contributed by atoms with Crippen LogP contribution < -0.4 is 4.90 Å². The van der Waals surface area contributed by atoms with Crippen LogP contribution in [0.5, 0.6) is 0 Å². The zero-order valence-corrected chi connectivity index (χ0v) is 9.90. The van der Waals surface area contributed by atoms with Gasteiger partial charge in [-0.1, -0.05) is 16.8 Å². The van der Waals surface area contributed by atoms with E-state index in [2.05, 4.69) is 5.18 Å². The van der Waals surface area contributed by atoms with E-state index in [1.807, 2.05) is 50.1 Å². The number of nitroso groups, excluding NO2 is 1. The summed E-state index contributed by atoms with van der Waals surface area (Å²) in [6.07, 6.45) is 0. The molecule has 0 radical (unpaired) electrons. The van der Waals surface area contributed by atoms with Gasteiger partial charge in [0, 0.05) is 17.8 Å². The van der Waals surface area contributed by atoms with E-state index in [1.165, 1.54) is 0 Å². The Hall–Kier alpha value is -1.09. The fraction of sp³-hybridized carbons (Fsp3) is 0.455. The number of nitrogens with zero attached hydrogens (tertiary/aromatic N) is 2. The topological polar surface area (TPSA) is 32.7 Å². The molecule has 0 aliphatic heterocycles. The van der Waals surface area contributed by atoms with Crippen LogP contribution in [-0.4, -0.2) is 19.1 Å². The van der Waals surface area contributed by atoms with Gasteiger partial charge in [0.15, 0.2) is 0 Å². The summed E-state index contributed by atoms with van der Waals surface area (Å²) in [4.78, 5) is 12.5. The molecule has 0 N–H and O–H groups in total. The summed E-state index contributed by atoms with van der Waals surface area (Å²) >= 11 is 5.80. The molecule has 0 saturated carbocycles. The van der Waals surface area contributed by atoms with Gasteiger partial charge in [-0.25, -0.2) is 0 Å². The summed E-state index contributed by atoms with van der Waals surface area (Å²) in [5.41, 5.74) is 1.03. The highest BCUT2D eigenvalue weighted by molar-refractivity contribution is 6.30. The third-order valence-electron chi connectivity index (χ3n) is 2.71. The van der Waals surface area contributed by atoms with Crippen molar-refractivity contribution in [3.05, 3.63) is 34.2 Å². The highest BCUT2D eigenvalue weighted by atomic mass is 35.5. The Kier molecular flexibility index (Phi) is 4.09. The predicted octanol–water partition coefficient (Wildman–Crippen LogP) is 3.32. The maximum atomic E-state index is 10.4. The fourth-order valence-electron chi connectivity index (χ4n) is 1.32. The van der Waals surface area contributed by atoms with Gasteiger partial charge in [0.25, 0.3) is 0 Å². The molecule has 0 spiro atoms. The maximum absolute atomic E-state index is 10.4. The van der Waals surface area contributed by atoms with Crippen molar-refractivity contribution in [1.29, 1.82) is 0 Å². The van der Waals surface area contributed by atoms with Gasteiger partial charge in [-0.2, -0.15) is 4.91 Å². The number of halogens is 1. The molecule has 3 nitrogen and oxygen atoms in total. The van der Waals surface area contributed by atoms with E-state index in [-0.39, 0.29) is 12.1 Å². The lowest BCUT2D eigenvalue weighted by molar-refractivity contribution is 0.572. The monoisotopic (exact) mass is 226 g/mol. The molecule has 0 amide bonds. The molecular formula is C11H15ClN2O. The number of anilines is 1. The molecule has 82 valence electrons. The lowest BCUT2D eigenvalue weighted by Gasteiger charge is -2.28. The van der Waals surface area contributed by atoms with Crippen LogP contribution in [0.4, 0.5) is 5.69 Å². The fourth-order valence-corrected chi connectivity index (χ4v) is 1.45. The van der Waals surface area contributed by atoms with Gasteiger partial charge in [0.2, 0.25) is 0 Å². The molecule has 0 aromatic heterocycles. The first kappa shape index (κ1) is 12.0. The molecule has 2 atom stereocenters. The van der Waals surface area contributed by atoms with Crippen LogP contribution in [-0.2, 0) is 0 Å². The zero-order chi connectivity index (χ0) is 11.4. The molecule has 0 bridgehead atoms. The minimum Gasteiger partial charge on any atom is -0.370 e. The standard InChI is InChI=1S/C11H15ClN2O/c1-8(13-15)9(2)14(3)11-6-4-10(12)5-7-11/h4-9H,1-3H3. The number of hydrogen-bond donors (Lipinski definition) is 0. The Morgan fingerprint density at radius 2 is 1.80 bits per heavy atom. The van der Waals surface area contributed by atoms with Crippen LogP contribution in [0, 0.1) is 4.91 Å². The van der Waals surface area contributed by atoms with Crippen LogP contribution in [0.3, 0.4) is 0 Å². The molecule has 1 rings (SSSR count). The average Bonchev–Trinajstić information content (AvgIpc) is 2.27. The third-order valence-corrected chi connectivity index (χ3v) is 2.96. The van der Waals surface area contributed by atoms with Crippen LogP contribution in [0.15, 0.2) is 29.4 Å². The van der Waals surface area contributed by atoms with Crippen LogP contribution in [0.2, 0.25) is 5.02 Å². The Balaban J connectivity index is 2.79. The predicted molar refractivity (Wildman–Crippen MR) is 64.6 cm³/mol. The second-order valence-corrected chi connectivity index (χ2v) is 4.11. The summed E-state index contributed by atoms with van der Waals surface area (Å²) < 4.78 is 0. The number of hydrogen-bond acceptors (Lipinski definition) is 3. The SMILES string of the molecule is CC(N=O)C(C)N(C)c1ccc(Cl)cc1. The Labute approximate surface area is 95.0 Å². The average molecular weight is 227 g/mol. The largest absolute Gasteiger partial charge is 0.370 e. The number of benzene rings is 1. The molecule has 2 unspecified atom stereocenters. The van der Waals surface area contributed by atoms with Crippen LogP contribution >= 0.6 is 11.6 Å². The molecule has 0 aliphatic carbocycles. The molecule has 0 saturated heterocycles. The first-order valence-electron chi connectivity index (χ1n) is 4.87. The van der Waals surface area contributed by atoms with E-state index in [0.29, 0.717) is 5.02 Å². The van der Waals surface area contributed by atoms with Gasteiger partial charge < -0.3 is 4.90 Å². The highest BCUT2D eigenvalue weighted by Gasteiger charge is 2.17. The van der Waals surface area contributed by atoms with E-state index in [1.54, 1.807) is 0 Å². The van der Waals surface area contributed by atoms with E-state index in [0.717, 1.165) is 5.69 Å². The van der Waals surface area contributed by atoms with E-state index in [4.69, 9.17) is 11.6 Å². The van der Waals surface area contributed by atoms with E-state index >= 15 is 0 Å². The Morgan fingerprint density at radius 3 is 2.27 bits per heavy atom. The first-order valence-corrected chi connectivity index (χ1v) is 5.25. The van der Waals surface area contributed by atoms with Crippen molar-refractivity contribution in [1.82, 2.24) is 0 Å². The third kappa shape index (κ3) is 2.93. The molecular weight excluding hydrogens is 212 g/mol. The second-order valence-electron chi connectivity index (χ2n) is 3.67. The molecule has 1 aromatic carbocycles. The van der Waals surface area contributed by atoms with Gasteiger partial charge in [0.1, 0.15) is 6.04 Å². The minimum absolute atomic E-state index is 0.0728. The normalized spacial score (nSPS) is 14.4. The molecule has 0 aliphatic rings. The second kappa shape index (κ2) is 5.12. The van der Waals surface area contributed by atoms with Crippen LogP contribution in [0.1, 0.15) is 13.8 Å². The maximum Gasteiger partial charge on any atom is 0.109 e. The first-order chi connectivity index (χ1) is 7.06. The molecule has 0 heterocycles. The van der Waals surface area contributed by atoms with E-state index < -0.39 is 0 Å². The summed E-state index contributed by atoms with van der Waals surface area (Å²) in [5.74, 6) is 0. The molecule has 15 heavy (non-hydrogen) atoms. The van der Waals surface area contributed by atoms with Gasteiger partial charge >= 0.3 is 0 Å². The highest BCUT2D eigenvalue weighted by Crippen LogP contribution is 2.20. The zero-order valence-electron chi connectivity index (χ0n) is 9.14. The van der Waals surface area contributed by atoms with Crippen molar-refractivity contribution >= 4 is 17.3 Å². The number of likely N-dealkylation sites (N-methyl/N-ethyl adjacent to an activating group) is 1. The molecule has 4 heteroatoms. The van der Waals surface area contributed by atoms with Gasteiger partial charge in [0.05, 0.1) is 6.04 Å². The van der Waals surface area contributed by atoms with E-state index in [9.17, 15) is 4.91 Å². The van der Waals surface area contributed by atoms with Crippen molar-refractivity contribution in [2.45, 2.75) is 25.9 Å². The summed E-state index contributed by atoms with van der Waals surface area (Å²) in [6.45, 7) is 3.78. The summed E-state index contributed by atoms with van der Waals surface area (Å²) in [6, 6.07) is 7.36.